The molecule has 0 fully saturated rings. The van der Waals surface area contributed by atoms with Crippen LogP contribution in [-0.2, 0) is 17.1 Å². The molecular weight excluding hydrogens is 451 g/mol. The largest absolute Gasteiger partial charge is 0.522 e. The quantitative estimate of drug-likeness (QED) is 0.223. The maximum Gasteiger partial charge on any atom is 0.0743 e. The molecule has 1 aromatic carbocycles. The molecule has 0 saturated carbocycles. The minimum atomic E-state index is 0. The minimum absolute atomic E-state index is 0. The Balaban J connectivity index is 0.000000247. The molecule has 2 aliphatic rings. The van der Waals surface area contributed by atoms with Crippen LogP contribution < -0.4 is 4.74 Å². The van der Waals surface area contributed by atoms with Crippen LogP contribution in [-0.4, -0.2) is 27.0 Å². The van der Waals surface area contributed by atoms with Crippen LogP contribution in [0, 0.1) is 6.07 Å². The fourth-order valence-electron chi connectivity index (χ4n) is 3.45. The summed E-state index contributed by atoms with van der Waals surface area (Å²) in [6, 6.07) is 26.7. The summed E-state index contributed by atoms with van der Waals surface area (Å²) in [4.78, 5) is 16.0. The second-order valence-electron chi connectivity index (χ2n) is 7.34. The zero-order valence-corrected chi connectivity index (χ0v) is 19.1. The molecule has 5 nitrogen and oxygen atoms in total. The van der Waals surface area contributed by atoms with E-state index in [1.165, 1.54) is 0 Å². The van der Waals surface area contributed by atoms with Crippen LogP contribution in [0.25, 0.3) is 46.4 Å². The number of hydrogen-bond acceptors (Lipinski definition) is 3. The zero-order valence-electron chi connectivity index (χ0n) is 17.9. The van der Waals surface area contributed by atoms with Gasteiger partial charge in [-0.05, 0) is 72.8 Å². The van der Waals surface area contributed by atoms with E-state index in [1.807, 2.05) is 66.8 Å². The van der Waals surface area contributed by atoms with Crippen LogP contribution in [0.5, 0.6) is 5.75 Å². The summed E-state index contributed by atoms with van der Waals surface area (Å²) in [5.74, 6) is 0.878. The summed E-state index contributed by atoms with van der Waals surface area (Å²) >= 11 is 0. The molecule has 8 bridgehead atoms. The van der Waals surface area contributed by atoms with Crippen molar-refractivity contribution < 1.29 is 21.8 Å². The third-order valence-electron chi connectivity index (χ3n) is 4.97. The van der Waals surface area contributed by atoms with E-state index in [0.29, 0.717) is 0 Å². The van der Waals surface area contributed by atoms with Gasteiger partial charge < -0.3 is 14.7 Å². The minimum Gasteiger partial charge on any atom is -0.522 e. The van der Waals surface area contributed by atoms with E-state index in [-0.39, 0.29) is 17.1 Å². The molecule has 0 amide bonds. The summed E-state index contributed by atoms with van der Waals surface area (Å²) in [5, 5.41) is 0. The van der Waals surface area contributed by atoms with Crippen molar-refractivity contribution in [3.63, 3.8) is 0 Å². The Bertz CT molecular complexity index is 1380. The predicted octanol–water partition coefficient (Wildman–Crippen LogP) is 6.15. The maximum absolute atomic E-state index is 4.89. The third-order valence-corrected chi connectivity index (χ3v) is 4.97. The Labute approximate surface area is 202 Å². The fraction of sp³-hybridized carbons (Fsp3) is 0.0370. The third kappa shape index (κ3) is 5.69. The number of hydrogen-bond donors (Lipinski definition) is 2. The van der Waals surface area contributed by atoms with E-state index in [9.17, 15) is 0 Å². The molecule has 5 heterocycles. The molecule has 33 heavy (non-hydrogen) atoms. The molecule has 2 N–H and O–H groups in total. The van der Waals surface area contributed by atoms with Gasteiger partial charge in [-0.2, -0.15) is 18.2 Å². The second-order valence-corrected chi connectivity index (χ2v) is 7.34. The SMILES string of the molecule is C1=Cc2cc3ccc(cc4ccc(cc5nc(cc1n2)C=C5)[nH]4)[nH]3.COc1cc[c-]cc1.[Mn]. The van der Waals surface area contributed by atoms with Crippen LogP contribution >= 0.6 is 0 Å². The molecule has 0 saturated heterocycles. The number of rotatable bonds is 1. The molecule has 6 heteroatoms. The molecule has 0 aliphatic carbocycles. The number of nitrogens with one attached hydrogen (secondary N) is 2. The average molecular weight is 472 g/mol. The van der Waals surface area contributed by atoms with E-state index >= 15 is 0 Å². The smallest absolute Gasteiger partial charge is 0.0743 e. The van der Waals surface area contributed by atoms with Crippen LogP contribution in [0.1, 0.15) is 22.8 Å². The van der Waals surface area contributed by atoms with Gasteiger partial charge in [-0.15, -0.1) is 12.1 Å². The molecule has 163 valence electrons. The molecule has 0 unspecified atom stereocenters. The Hall–Kier alpha value is -3.86. The normalized spacial score (nSPS) is 11.3. The van der Waals surface area contributed by atoms with Gasteiger partial charge in [0, 0.05) is 44.9 Å². The number of aromatic nitrogens is 4. The Morgan fingerprint density at radius 3 is 1.45 bits per heavy atom. The van der Waals surface area contributed by atoms with Crippen molar-refractivity contribution in [3.05, 3.63) is 102 Å². The number of methoxy groups -OCH3 is 1. The number of fused-ring (bicyclic) bond motifs is 8. The van der Waals surface area contributed by atoms with Gasteiger partial charge in [0.1, 0.15) is 0 Å². The van der Waals surface area contributed by atoms with Crippen molar-refractivity contribution >= 4 is 46.4 Å². The number of aromatic amines is 2. The second kappa shape index (κ2) is 10.2. The van der Waals surface area contributed by atoms with Gasteiger partial charge in [-0.3, -0.25) is 0 Å². The first kappa shape index (κ1) is 22.3. The molecule has 1 radical (unpaired) electrons. The van der Waals surface area contributed by atoms with E-state index in [2.05, 4.69) is 56.3 Å². The molecular formula is C27H21MnN4O-. The monoisotopic (exact) mass is 472 g/mol. The molecule has 0 spiro atoms. The summed E-state index contributed by atoms with van der Waals surface area (Å²) in [5.41, 5.74) is 7.86. The van der Waals surface area contributed by atoms with E-state index in [0.717, 1.165) is 50.6 Å². The number of nitrogens with zero attached hydrogens (tertiary/aromatic N) is 2. The predicted molar refractivity (Wildman–Crippen MR) is 131 cm³/mol. The van der Waals surface area contributed by atoms with Crippen molar-refractivity contribution in [1.29, 1.82) is 0 Å². The van der Waals surface area contributed by atoms with Crippen LogP contribution in [0.3, 0.4) is 0 Å². The van der Waals surface area contributed by atoms with Gasteiger partial charge in [0.05, 0.1) is 29.9 Å². The zero-order chi connectivity index (χ0) is 21.8. The summed E-state index contributed by atoms with van der Waals surface area (Å²) in [6.45, 7) is 0. The van der Waals surface area contributed by atoms with Gasteiger partial charge in [-0.1, -0.05) is 0 Å². The Morgan fingerprint density at radius 2 is 1.03 bits per heavy atom. The average Bonchev–Trinajstić information content (AvgIpc) is 3.61. The number of H-pyrrole nitrogens is 2. The van der Waals surface area contributed by atoms with Crippen molar-refractivity contribution in [1.82, 2.24) is 19.9 Å². The molecule has 2 aliphatic heterocycles. The maximum atomic E-state index is 4.89. The van der Waals surface area contributed by atoms with E-state index in [1.54, 1.807) is 7.11 Å². The number of ether oxygens (including phenoxy) is 1. The van der Waals surface area contributed by atoms with Crippen molar-refractivity contribution in [2.45, 2.75) is 0 Å². The van der Waals surface area contributed by atoms with Gasteiger partial charge in [0.2, 0.25) is 0 Å². The summed E-state index contributed by atoms with van der Waals surface area (Å²) in [7, 11) is 1.65. The van der Waals surface area contributed by atoms with E-state index in [4.69, 9.17) is 4.74 Å². The molecule has 3 aromatic heterocycles. The number of benzene rings is 1. The summed E-state index contributed by atoms with van der Waals surface area (Å²) in [6.07, 6.45) is 8.05. The Morgan fingerprint density at radius 1 is 0.606 bits per heavy atom. The Kier molecular flexibility index (Phi) is 6.89. The van der Waals surface area contributed by atoms with Crippen molar-refractivity contribution in [3.8, 4) is 5.75 Å². The first-order valence-corrected chi connectivity index (χ1v) is 10.3. The molecule has 0 atom stereocenters. The van der Waals surface area contributed by atoms with Gasteiger partial charge in [-0.25, -0.2) is 9.97 Å². The molecule has 4 aromatic rings. The van der Waals surface area contributed by atoms with Crippen LogP contribution in [0.2, 0.25) is 0 Å². The van der Waals surface area contributed by atoms with E-state index < -0.39 is 0 Å². The summed E-state index contributed by atoms with van der Waals surface area (Å²) < 4.78 is 4.89. The first-order valence-electron chi connectivity index (χ1n) is 10.3. The molecule has 6 rings (SSSR count). The van der Waals surface area contributed by atoms with Gasteiger partial charge >= 0.3 is 0 Å². The van der Waals surface area contributed by atoms with Crippen LogP contribution in [0.4, 0.5) is 0 Å². The fourth-order valence-corrected chi connectivity index (χ4v) is 3.45. The van der Waals surface area contributed by atoms with Gasteiger partial charge in [0.15, 0.2) is 0 Å². The topological polar surface area (TPSA) is 66.6 Å². The van der Waals surface area contributed by atoms with Crippen molar-refractivity contribution in [2.75, 3.05) is 7.11 Å². The first-order chi connectivity index (χ1) is 15.7. The van der Waals surface area contributed by atoms with Crippen molar-refractivity contribution in [2.24, 2.45) is 0 Å². The standard InChI is InChI=1S/C20H14N4.C7H7O.Mn/c1-2-14-10-16-5-6-18(23-16)12-20-8-7-19(24-20)11-17-4-3-15(22-17)9-13(1)21-14;1-8-7-5-3-2-4-6-7;/h1-12,21-22H;3-6H,1H3;/q;-1;. The van der Waals surface area contributed by atoms with Crippen LogP contribution in [0.15, 0.2) is 72.8 Å². The van der Waals surface area contributed by atoms with Gasteiger partial charge in [0.25, 0.3) is 0 Å².